The summed E-state index contributed by atoms with van der Waals surface area (Å²) >= 11 is 6.23. The highest BCUT2D eigenvalue weighted by Crippen LogP contribution is 2.29. The van der Waals surface area contributed by atoms with Crippen LogP contribution in [0.15, 0.2) is 24.3 Å². The van der Waals surface area contributed by atoms with Gasteiger partial charge in [-0.25, -0.2) is 4.79 Å². The molecule has 0 radical (unpaired) electrons. The van der Waals surface area contributed by atoms with Gasteiger partial charge in [0.15, 0.2) is 0 Å². The number of nitrogens with zero attached hydrogens (tertiary/aromatic N) is 2. The third kappa shape index (κ3) is 3.97. The van der Waals surface area contributed by atoms with E-state index >= 15 is 0 Å². The maximum Gasteiger partial charge on any atom is 0.327 e. The Hall–Kier alpha value is -1.63. The highest BCUT2D eigenvalue weighted by atomic mass is 35.5. The van der Waals surface area contributed by atoms with E-state index in [1.54, 1.807) is 6.07 Å². The van der Waals surface area contributed by atoms with Crippen LogP contribution < -0.4 is 5.73 Å². The van der Waals surface area contributed by atoms with Crippen molar-refractivity contribution in [3.8, 4) is 0 Å². The summed E-state index contributed by atoms with van der Waals surface area (Å²) < 4.78 is 4.94. The van der Waals surface area contributed by atoms with Crippen molar-refractivity contribution in [1.29, 1.82) is 0 Å². The number of esters is 1. The third-order valence-corrected chi connectivity index (χ3v) is 4.12. The van der Waals surface area contributed by atoms with Gasteiger partial charge in [-0.2, -0.15) is 0 Å². The Morgan fingerprint density at radius 3 is 2.45 bits per heavy atom. The SMILES string of the molecule is COC(=O)[C@@H](c1ccccc1Cl)N1CCN(CC(N)=O)CC1. The highest BCUT2D eigenvalue weighted by Gasteiger charge is 2.32. The summed E-state index contributed by atoms with van der Waals surface area (Å²) in [5, 5.41) is 0.539. The molecule has 1 fully saturated rings. The van der Waals surface area contributed by atoms with Crippen molar-refractivity contribution >= 4 is 23.5 Å². The van der Waals surface area contributed by atoms with Crippen LogP contribution in [0.25, 0.3) is 0 Å². The standard InChI is InChI=1S/C15H20ClN3O3/c1-22-15(21)14(11-4-2-3-5-12(11)16)19-8-6-18(7-9-19)10-13(17)20/h2-5,14H,6-10H2,1H3,(H2,17,20)/t14-/m1/s1. The van der Waals surface area contributed by atoms with Gasteiger partial charge in [-0.1, -0.05) is 29.8 Å². The van der Waals surface area contributed by atoms with E-state index in [0.717, 1.165) is 5.56 Å². The van der Waals surface area contributed by atoms with E-state index < -0.39 is 6.04 Å². The van der Waals surface area contributed by atoms with E-state index in [-0.39, 0.29) is 18.4 Å². The first-order valence-corrected chi connectivity index (χ1v) is 7.47. The molecule has 0 aliphatic carbocycles. The molecule has 1 atom stereocenters. The highest BCUT2D eigenvalue weighted by molar-refractivity contribution is 6.31. The van der Waals surface area contributed by atoms with Crippen molar-refractivity contribution in [3.63, 3.8) is 0 Å². The lowest BCUT2D eigenvalue weighted by Gasteiger charge is -2.38. The molecule has 0 aromatic heterocycles. The van der Waals surface area contributed by atoms with Crippen molar-refractivity contribution in [2.24, 2.45) is 5.73 Å². The molecule has 1 aromatic rings. The number of piperazine rings is 1. The lowest BCUT2D eigenvalue weighted by molar-refractivity contribution is -0.148. The summed E-state index contributed by atoms with van der Waals surface area (Å²) in [5.41, 5.74) is 5.95. The Bertz CT molecular complexity index is 545. The fourth-order valence-electron chi connectivity index (χ4n) is 2.68. The van der Waals surface area contributed by atoms with Gasteiger partial charge in [-0.15, -0.1) is 0 Å². The minimum absolute atomic E-state index is 0.239. The Morgan fingerprint density at radius 2 is 1.91 bits per heavy atom. The zero-order chi connectivity index (χ0) is 16.1. The van der Waals surface area contributed by atoms with E-state index in [1.807, 2.05) is 28.0 Å². The Balaban J connectivity index is 2.13. The first-order valence-electron chi connectivity index (χ1n) is 7.10. The number of carbonyl (C=O) groups excluding carboxylic acids is 2. The number of amides is 1. The number of benzene rings is 1. The number of hydrogen-bond acceptors (Lipinski definition) is 5. The Kier molecular flexibility index (Phi) is 5.76. The molecular weight excluding hydrogens is 306 g/mol. The molecule has 1 heterocycles. The number of carbonyl (C=O) groups is 2. The monoisotopic (exact) mass is 325 g/mol. The minimum Gasteiger partial charge on any atom is -0.468 e. The van der Waals surface area contributed by atoms with Crippen LogP contribution in [0, 0.1) is 0 Å². The van der Waals surface area contributed by atoms with Crippen molar-refractivity contribution in [2.45, 2.75) is 6.04 Å². The molecule has 1 aromatic carbocycles. The maximum atomic E-state index is 12.2. The van der Waals surface area contributed by atoms with Crippen molar-refractivity contribution in [2.75, 3.05) is 39.8 Å². The van der Waals surface area contributed by atoms with Gasteiger partial charge < -0.3 is 10.5 Å². The second-order valence-corrected chi connectivity index (χ2v) is 5.63. The normalized spacial score (nSPS) is 17.9. The number of primary amides is 1. The minimum atomic E-state index is -0.533. The van der Waals surface area contributed by atoms with E-state index in [1.165, 1.54) is 7.11 Å². The van der Waals surface area contributed by atoms with Crippen molar-refractivity contribution < 1.29 is 14.3 Å². The molecule has 0 spiro atoms. The van der Waals surface area contributed by atoms with Gasteiger partial charge >= 0.3 is 5.97 Å². The molecule has 1 aliphatic heterocycles. The summed E-state index contributed by atoms with van der Waals surface area (Å²) in [6.07, 6.45) is 0. The third-order valence-electron chi connectivity index (χ3n) is 3.78. The fraction of sp³-hybridized carbons (Fsp3) is 0.467. The fourth-order valence-corrected chi connectivity index (χ4v) is 2.92. The number of ether oxygens (including phenoxy) is 1. The van der Waals surface area contributed by atoms with Gasteiger partial charge in [0.05, 0.1) is 13.7 Å². The first kappa shape index (κ1) is 16.7. The van der Waals surface area contributed by atoms with Crippen LogP contribution in [0.3, 0.4) is 0 Å². The molecule has 1 amide bonds. The predicted octanol–water partition coefficient (Wildman–Crippen LogP) is 0.657. The lowest BCUT2D eigenvalue weighted by Crippen LogP contribution is -2.51. The van der Waals surface area contributed by atoms with Crippen molar-refractivity contribution in [3.05, 3.63) is 34.9 Å². The summed E-state index contributed by atoms with van der Waals surface area (Å²) in [5.74, 6) is -0.680. The summed E-state index contributed by atoms with van der Waals surface area (Å²) in [7, 11) is 1.37. The van der Waals surface area contributed by atoms with Crippen LogP contribution in [-0.4, -0.2) is 61.5 Å². The summed E-state index contributed by atoms with van der Waals surface area (Å²) in [6.45, 7) is 2.85. The zero-order valence-electron chi connectivity index (χ0n) is 12.5. The Morgan fingerprint density at radius 1 is 1.27 bits per heavy atom. The van der Waals surface area contributed by atoms with Gasteiger partial charge in [-0.05, 0) is 11.6 Å². The molecule has 6 nitrogen and oxygen atoms in total. The van der Waals surface area contributed by atoms with Crippen LogP contribution in [0.5, 0.6) is 0 Å². The molecule has 1 saturated heterocycles. The zero-order valence-corrected chi connectivity index (χ0v) is 13.3. The largest absolute Gasteiger partial charge is 0.468 e. The molecule has 120 valence electrons. The van der Waals surface area contributed by atoms with Crippen LogP contribution in [-0.2, 0) is 14.3 Å². The van der Waals surface area contributed by atoms with E-state index in [2.05, 4.69) is 0 Å². The molecule has 1 aliphatic rings. The molecule has 0 saturated carbocycles. The van der Waals surface area contributed by atoms with Gasteiger partial charge in [0.1, 0.15) is 6.04 Å². The number of hydrogen-bond donors (Lipinski definition) is 1. The molecule has 2 rings (SSSR count). The molecule has 7 heteroatoms. The van der Waals surface area contributed by atoms with Crippen molar-refractivity contribution in [1.82, 2.24) is 9.80 Å². The average Bonchev–Trinajstić information content (AvgIpc) is 2.50. The predicted molar refractivity (Wildman–Crippen MR) is 83.4 cm³/mol. The van der Waals surface area contributed by atoms with Crippen LogP contribution in [0.1, 0.15) is 11.6 Å². The van der Waals surface area contributed by atoms with E-state index in [9.17, 15) is 9.59 Å². The van der Waals surface area contributed by atoms with Gasteiger partial charge in [0.2, 0.25) is 5.91 Å². The average molecular weight is 326 g/mol. The topological polar surface area (TPSA) is 75.9 Å². The maximum absolute atomic E-state index is 12.2. The van der Waals surface area contributed by atoms with Crippen LogP contribution in [0.2, 0.25) is 5.02 Å². The second-order valence-electron chi connectivity index (χ2n) is 5.23. The first-order chi connectivity index (χ1) is 10.5. The molecule has 2 N–H and O–H groups in total. The number of nitrogens with two attached hydrogens (primary N) is 1. The van der Waals surface area contributed by atoms with Crippen LogP contribution in [0.4, 0.5) is 0 Å². The molecule has 0 unspecified atom stereocenters. The molecule has 22 heavy (non-hydrogen) atoms. The van der Waals surface area contributed by atoms with Gasteiger partial charge in [0.25, 0.3) is 0 Å². The summed E-state index contributed by atoms with van der Waals surface area (Å²) in [4.78, 5) is 27.2. The van der Waals surface area contributed by atoms with Crippen LogP contribution >= 0.6 is 11.6 Å². The lowest BCUT2D eigenvalue weighted by atomic mass is 10.0. The second kappa shape index (κ2) is 7.58. The number of rotatable bonds is 5. The van der Waals surface area contributed by atoms with E-state index in [0.29, 0.717) is 31.2 Å². The van der Waals surface area contributed by atoms with Gasteiger partial charge in [0, 0.05) is 31.2 Å². The smallest absolute Gasteiger partial charge is 0.327 e. The quantitative estimate of drug-likeness (QED) is 0.805. The van der Waals surface area contributed by atoms with Gasteiger partial charge in [-0.3, -0.25) is 14.6 Å². The summed E-state index contributed by atoms with van der Waals surface area (Å²) in [6, 6.07) is 6.73. The molecule has 0 bridgehead atoms. The Labute approximate surface area is 134 Å². The molecular formula is C15H20ClN3O3. The van der Waals surface area contributed by atoms with E-state index in [4.69, 9.17) is 22.1 Å². The number of halogens is 1. The number of methoxy groups -OCH3 is 1.